The number of halogens is 1. The smallest absolute Gasteiger partial charge is 0.195 e. The molecular formula is C17H15ClN4S2. The van der Waals surface area contributed by atoms with Gasteiger partial charge in [-0.1, -0.05) is 53.7 Å². The molecule has 0 unspecified atom stereocenters. The van der Waals surface area contributed by atoms with Gasteiger partial charge in [-0.05, 0) is 35.6 Å². The SMILES string of the molecule is CSc1ccc(/C=N\n2cnnc2SCc2ccccc2Cl)cc1. The summed E-state index contributed by atoms with van der Waals surface area (Å²) in [4.78, 5) is 1.23. The Hall–Kier alpha value is -1.76. The van der Waals surface area contributed by atoms with E-state index in [4.69, 9.17) is 11.6 Å². The van der Waals surface area contributed by atoms with Gasteiger partial charge in [-0.2, -0.15) is 9.78 Å². The number of benzene rings is 2. The zero-order valence-corrected chi connectivity index (χ0v) is 15.4. The highest BCUT2D eigenvalue weighted by atomic mass is 35.5. The fourth-order valence-corrected chi connectivity index (χ4v) is 3.53. The second-order valence-corrected chi connectivity index (χ2v) is 7.09. The fourth-order valence-electron chi connectivity index (χ4n) is 1.97. The third-order valence-electron chi connectivity index (χ3n) is 3.26. The summed E-state index contributed by atoms with van der Waals surface area (Å²) < 4.78 is 1.67. The zero-order chi connectivity index (χ0) is 16.8. The summed E-state index contributed by atoms with van der Waals surface area (Å²) in [5.74, 6) is 0.719. The van der Waals surface area contributed by atoms with E-state index in [9.17, 15) is 0 Å². The number of rotatable bonds is 6. The molecule has 0 atom stereocenters. The molecule has 3 rings (SSSR count). The lowest BCUT2D eigenvalue weighted by molar-refractivity contribution is 0.767. The van der Waals surface area contributed by atoms with Crippen molar-refractivity contribution in [1.29, 1.82) is 0 Å². The minimum absolute atomic E-state index is 0.719. The topological polar surface area (TPSA) is 43.1 Å². The van der Waals surface area contributed by atoms with Crippen LogP contribution in [-0.4, -0.2) is 27.3 Å². The van der Waals surface area contributed by atoms with Crippen LogP contribution in [0.4, 0.5) is 0 Å². The van der Waals surface area contributed by atoms with Gasteiger partial charge in [0.1, 0.15) is 6.33 Å². The van der Waals surface area contributed by atoms with Crippen LogP contribution in [-0.2, 0) is 5.75 Å². The van der Waals surface area contributed by atoms with Crippen LogP contribution in [0.15, 0.2) is 70.0 Å². The summed E-state index contributed by atoms with van der Waals surface area (Å²) in [7, 11) is 0. The molecular weight excluding hydrogens is 360 g/mol. The lowest BCUT2D eigenvalue weighted by atomic mass is 10.2. The van der Waals surface area contributed by atoms with E-state index in [1.807, 2.05) is 36.4 Å². The minimum Gasteiger partial charge on any atom is -0.195 e. The Balaban J connectivity index is 1.68. The molecule has 24 heavy (non-hydrogen) atoms. The van der Waals surface area contributed by atoms with E-state index in [-0.39, 0.29) is 0 Å². The summed E-state index contributed by atoms with van der Waals surface area (Å²) in [5, 5.41) is 14.0. The minimum atomic E-state index is 0.719. The van der Waals surface area contributed by atoms with Crippen LogP contribution >= 0.6 is 35.1 Å². The van der Waals surface area contributed by atoms with Gasteiger partial charge >= 0.3 is 0 Å². The summed E-state index contributed by atoms with van der Waals surface area (Å²) in [6.45, 7) is 0. The first-order chi connectivity index (χ1) is 11.8. The molecule has 0 aliphatic carbocycles. The van der Waals surface area contributed by atoms with Crippen molar-refractivity contribution in [2.45, 2.75) is 15.8 Å². The predicted molar refractivity (Wildman–Crippen MR) is 102 cm³/mol. The molecule has 0 saturated heterocycles. The highest BCUT2D eigenvalue weighted by Gasteiger charge is 2.06. The molecule has 0 saturated carbocycles. The Morgan fingerprint density at radius 3 is 2.71 bits per heavy atom. The van der Waals surface area contributed by atoms with Crippen LogP contribution in [0.3, 0.4) is 0 Å². The van der Waals surface area contributed by atoms with Crippen LogP contribution in [0, 0.1) is 0 Å². The Morgan fingerprint density at radius 2 is 1.96 bits per heavy atom. The summed E-state index contributed by atoms with van der Waals surface area (Å²) >= 11 is 9.45. The largest absolute Gasteiger partial charge is 0.212 e. The van der Waals surface area contributed by atoms with Gasteiger partial charge in [-0.3, -0.25) is 0 Å². The Labute approximate surface area is 154 Å². The van der Waals surface area contributed by atoms with Crippen molar-refractivity contribution in [3.05, 3.63) is 71.0 Å². The number of hydrogen-bond donors (Lipinski definition) is 0. The maximum atomic E-state index is 6.18. The quantitative estimate of drug-likeness (QED) is 0.458. The van der Waals surface area contributed by atoms with Gasteiger partial charge < -0.3 is 0 Å². The normalized spacial score (nSPS) is 11.2. The maximum absolute atomic E-state index is 6.18. The van der Waals surface area contributed by atoms with Crippen molar-refractivity contribution in [3.8, 4) is 0 Å². The predicted octanol–water partition coefficient (Wildman–Crippen LogP) is 4.83. The monoisotopic (exact) mass is 374 g/mol. The maximum Gasteiger partial charge on any atom is 0.212 e. The van der Waals surface area contributed by atoms with Gasteiger partial charge in [-0.25, -0.2) is 0 Å². The molecule has 7 heteroatoms. The Bertz CT molecular complexity index is 831. The Kier molecular flexibility index (Phi) is 5.96. The molecule has 4 nitrogen and oxygen atoms in total. The molecule has 0 aliphatic rings. The summed E-state index contributed by atoms with van der Waals surface area (Å²) in [5.41, 5.74) is 2.10. The molecule has 0 amide bonds. The number of thioether (sulfide) groups is 2. The number of hydrogen-bond acceptors (Lipinski definition) is 5. The first-order valence-electron chi connectivity index (χ1n) is 7.21. The van der Waals surface area contributed by atoms with Crippen molar-refractivity contribution in [3.63, 3.8) is 0 Å². The lowest BCUT2D eigenvalue weighted by Crippen LogP contribution is -1.93. The van der Waals surface area contributed by atoms with Gasteiger partial charge in [-0.15, -0.1) is 22.0 Å². The fraction of sp³-hybridized carbons (Fsp3) is 0.118. The van der Waals surface area contributed by atoms with Crippen molar-refractivity contribution >= 4 is 41.3 Å². The van der Waals surface area contributed by atoms with Crippen LogP contribution in [0.5, 0.6) is 0 Å². The second-order valence-electron chi connectivity index (χ2n) is 4.86. The van der Waals surface area contributed by atoms with E-state index in [0.717, 1.165) is 27.1 Å². The molecule has 0 aliphatic heterocycles. The van der Waals surface area contributed by atoms with Gasteiger partial charge in [0.2, 0.25) is 5.16 Å². The van der Waals surface area contributed by atoms with Gasteiger partial charge in [0.15, 0.2) is 0 Å². The molecule has 0 N–H and O–H groups in total. The first-order valence-corrected chi connectivity index (χ1v) is 9.80. The van der Waals surface area contributed by atoms with E-state index < -0.39 is 0 Å². The molecule has 122 valence electrons. The van der Waals surface area contributed by atoms with Crippen LogP contribution in [0.1, 0.15) is 11.1 Å². The molecule has 3 aromatic rings. The second kappa shape index (κ2) is 8.37. The standard InChI is InChI=1S/C17H15ClN4S2/c1-23-15-8-6-13(7-9-15)10-20-22-12-19-21-17(22)24-11-14-4-2-3-5-16(14)18/h2-10,12H,11H2,1H3/b20-10-. The van der Waals surface area contributed by atoms with Crippen molar-refractivity contribution in [1.82, 2.24) is 14.9 Å². The Morgan fingerprint density at radius 1 is 1.17 bits per heavy atom. The molecule has 0 radical (unpaired) electrons. The third-order valence-corrected chi connectivity index (χ3v) is 5.36. The van der Waals surface area contributed by atoms with E-state index in [1.54, 1.807) is 40.7 Å². The molecule has 1 aromatic heterocycles. The summed E-state index contributed by atoms with van der Waals surface area (Å²) in [6, 6.07) is 16.0. The number of aromatic nitrogens is 3. The van der Waals surface area contributed by atoms with E-state index in [1.165, 1.54) is 4.90 Å². The highest BCUT2D eigenvalue weighted by molar-refractivity contribution is 7.98. The molecule has 2 aromatic carbocycles. The van der Waals surface area contributed by atoms with Crippen molar-refractivity contribution < 1.29 is 0 Å². The van der Waals surface area contributed by atoms with Crippen LogP contribution in [0.2, 0.25) is 5.02 Å². The van der Waals surface area contributed by atoms with E-state index >= 15 is 0 Å². The lowest BCUT2D eigenvalue weighted by Gasteiger charge is -2.03. The molecule has 0 spiro atoms. The number of nitrogens with zero attached hydrogens (tertiary/aromatic N) is 4. The highest BCUT2D eigenvalue weighted by Crippen LogP contribution is 2.25. The van der Waals surface area contributed by atoms with E-state index in [0.29, 0.717) is 0 Å². The average Bonchev–Trinajstić information content (AvgIpc) is 3.07. The van der Waals surface area contributed by atoms with Crippen LogP contribution in [0.25, 0.3) is 0 Å². The van der Waals surface area contributed by atoms with Crippen molar-refractivity contribution in [2.75, 3.05) is 6.26 Å². The van der Waals surface area contributed by atoms with Crippen LogP contribution < -0.4 is 0 Å². The van der Waals surface area contributed by atoms with Gasteiger partial charge in [0.25, 0.3) is 0 Å². The van der Waals surface area contributed by atoms with E-state index in [2.05, 4.69) is 33.7 Å². The average molecular weight is 375 g/mol. The zero-order valence-electron chi connectivity index (χ0n) is 13.0. The molecule has 0 bridgehead atoms. The third kappa shape index (κ3) is 4.41. The molecule has 1 heterocycles. The molecule has 0 fully saturated rings. The first kappa shape index (κ1) is 17.1. The summed E-state index contributed by atoms with van der Waals surface area (Å²) in [6.07, 6.45) is 5.46. The van der Waals surface area contributed by atoms with Gasteiger partial charge in [0.05, 0.1) is 6.21 Å². The van der Waals surface area contributed by atoms with Gasteiger partial charge in [0, 0.05) is 15.7 Å². The van der Waals surface area contributed by atoms with Crippen molar-refractivity contribution in [2.24, 2.45) is 5.10 Å².